The normalized spacial score (nSPS) is 12.4. The number of anilines is 1. The summed E-state index contributed by atoms with van der Waals surface area (Å²) in [7, 11) is -3.68. The van der Waals surface area contributed by atoms with Gasteiger partial charge in [0.2, 0.25) is 15.9 Å². The van der Waals surface area contributed by atoms with Gasteiger partial charge in [-0.3, -0.25) is 9.10 Å². The summed E-state index contributed by atoms with van der Waals surface area (Å²) in [6.07, 6.45) is 6.23. The summed E-state index contributed by atoms with van der Waals surface area (Å²) >= 11 is 5.89. The third-order valence-corrected chi connectivity index (χ3v) is 5.89. The van der Waals surface area contributed by atoms with E-state index in [9.17, 15) is 13.2 Å². The zero-order valence-corrected chi connectivity index (χ0v) is 17.6. The summed E-state index contributed by atoms with van der Waals surface area (Å²) in [6, 6.07) is 13.0. The highest BCUT2D eigenvalue weighted by molar-refractivity contribution is 7.92. The lowest BCUT2D eigenvalue weighted by atomic mass is 10.1. The number of carbonyl (C=O) groups excluding carboxylic acids is 1. The number of benzene rings is 2. The molecular weight excluding hydrogens is 412 g/mol. The number of halogens is 1. The predicted octanol–water partition coefficient (Wildman–Crippen LogP) is 3.00. The average Bonchev–Trinajstić information content (AvgIpc) is 3.21. The number of amides is 1. The maximum atomic E-state index is 12.8. The molecule has 1 atom stereocenters. The van der Waals surface area contributed by atoms with Crippen molar-refractivity contribution in [2.24, 2.45) is 0 Å². The van der Waals surface area contributed by atoms with Gasteiger partial charge in [-0.1, -0.05) is 29.8 Å². The van der Waals surface area contributed by atoms with Crippen molar-refractivity contribution in [1.82, 2.24) is 14.9 Å². The van der Waals surface area contributed by atoms with Crippen molar-refractivity contribution < 1.29 is 13.2 Å². The van der Waals surface area contributed by atoms with Crippen LogP contribution < -0.4 is 9.62 Å². The molecule has 29 heavy (non-hydrogen) atoms. The van der Waals surface area contributed by atoms with E-state index in [1.807, 2.05) is 35.0 Å². The second-order valence-electron chi connectivity index (χ2n) is 6.53. The number of aromatic nitrogens is 2. The summed E-state index contributed by atoms with van der Waals surface area (Å²) in [4.78, 5) is 16.8. The Hall–Kier alpha value is -2.84. The first-order valence-corrected chi connectivity index (χ1v) is 11.1. The van der Waals surface area contributed by atoms with Crippen molar-refractivity contribution in [3.8, 4) is 5.69 Å². The predicted molar refractivity (Wildman–Crippen MR) is 114 cm³/mol. The van der Waals surface area contributed by atoms with Gasteiger partial charge < -0.3 is 9.88 Å². The SMILES string of the molecule is C[C@@H](C(=O)NCc1ccccc1-n1ccnc1)N(c1ccc(Cl)cc1)S(C)(=O)=O. The summed E-state index contributed by atoms with van der Waals surface area (Å²) in [5.41, 5.74) is 2.14. The fourth-order valence-electron chi connectivity index (χ4n) is 3.04. The summed E-state index contributed by atoms with van der Waals surface area (Å²) in [5.74, 6) is -0.411. The molecule has 0 aliphatic carbocycles. The quantitative estimate of drug-likeness (QED) is 0.622. The number of imidazole rings is 1. The molecule has 0 aliphatic heterocycles. The molecule has 0 spiro atoms. The molecule has 0 saturated heterocycles. The van der Waals surface area contributed by atoms with E-state index in [4.69, 9.17) is 11.6 Å². The molecule has 0 fully saturated rings. The molecule has 2 aromatic carbocycles. The van der Waals surface area contributed by atoms with Crippen LogP contribution in [-0.2, 0) is 21.4 Å². The van der Waals surface area contributed by atoms with E-state index in [2.05, 4.69) is 10.3 Å². The molecule has 0 radical (unpaired) electrons. The van der Waals surface area contributed by atoms with Gasteiger partial charge in [0.15, 0.2) is 0 Å². The van der Waals surface area contributed by atoms with E-state index in [1.54, 1.807) is 43.7 Å². The second kappa shape index (κ2) is 8.67. The monoisotopic (exact) mass is 432 g/mol. The topological polar surface area (TPSA) is 84.3 Å². The molecule has 1 heterocycles. The summed E-state index contributed by atoms with van der Waals surface area (Å²) in [6.45, 7) is 1.79. The highest BCUT2D eigenvalue weighted by Crippen LogP contribution is 2.23. The average molecular weight is 433 g/mol. The number of nitrogens with zero attached hydrogens (tertiary/aromatic N) is 3. The van der Waals surface area contributed by atoms with E-state index >= 15 is 0 Å². The van der Waals surface area contributed by atoms with Crippen LogP contribution in [0.1, 0.15) is 12.5 Å². The number of nitrogens with one attached hydrogen (secondary N) is 1. The molecule has 0 saturated carbocycles. The van der Waals surface area contributed by atoms with E-state index in [0.29, 0.717) is 10.7 Å². The van der Waals surface area contributed by atoms with E-state index in [0.717, 1.165) is 21.8 Å². The van der Waals surface area contributed by atoms with Gasteiger partial charge in [-0.05, 0) is 42.8 Å². The van der Waals surface area contributed by atoms with Crippen LogP contribution in [-0.4, -0.2) is 36.2 Å². The third-order valence-electron chi connectivity index (χ3n) is 4.40. The number of hydrogen-bond donors (Lipinski definition) is 1. The van der Waals surface area contributed by atoms with Crippen LogP contribution in [0, 0.1) is 0 Å². The number of carbonyl (C=O) groups is 1. The second-order valence-corrected chi connectivity index (χ2v) is 8.82. The minimum atomic E-state index is -3.68. The minimum Gasteiger partial charge on any atom is -0.350 e. The molecule has 1 amide bonds. The Kier molecular flexibility index (Phi) is 6.24. The van der Waals surface area contributed by atoms with Crippen LogP contribution in [0.3, 0.4) is 0 Å². The Morgan fingerprint density at radius 2 is 1.90 bits per heavy atom. The van der Waals surface area contributed by atoms with Crippen molar-refractivity contribution in [1.29, 1.82) is 0 Å². The first-order valence-electron chi connectivity index (χ1n) is 8.86. The number of rotatable bonds is 7. The molecule has 9 heteroatoms. The molecule has 3 rings (SSSR count). The van der Waals surface area contributed by atoms with Crippen LogP contribution in [0.25, 0.3) is 5.69 Å². The lowest BCUT2D eigenvalue weighted by Gasteiger charge is -2.28. The molecule has 0 unspecified atom stereocenters. The van der Waals surface area contributed by atoms with Crippen LogP contribution in [0.4, 0.5) is 5.69 Å². The maximum absolute atomic E-state index is 12.8. The first-order chi connectivity index (χ1) is 13.8. The van der Waals surface area contributed by atoms with Crippen LogP contribution in [0.15, 0.2) is 67.3 Å². The minimum absolute atomic E-state index is 0.246. The lowest BCUT2D eigenvalue weighted by Crippen LogP contribution is -2.47. The molecule has 7 nitrogen and oxygen atoms in total. The number of sulfonamides is 1. The van der Waals surface area contributed by atoms with Gasteiger partial charge in [0.25, 0.3) is 0 Å². The lowest BCUT2D eigenvalue weighted by molar-refractivity contribution is -0.122. The number of hydrogen-bond acceptors (Lipinski definition) is 4. The smallest absolute Gasteiger partial charge is 0.243 e. The standard InChI is InChI=1S/C20H21ClN4O3S/c1-15(25(29(2,27)28)18-9-7-17(21)8-10-18)20(26)23-13-16-5-3-4-6-19(16)24-12-11-22-14-24/h3-12,14-15H,13H2,1-2H3,(H,23,26)/t15-/m0/s1. The Morgan fingerprint density at radius 1 is 1.21 bits per heavy atom. The maximum Gasteiger partial charge on any atom is 0.243 e. The van der Waals surface area contributed by atoms with Gasteiger partial charge in [-0.15, -0.1) is 0 Å². The molecular formula is C20H21ClN4O3S. The number of para-hydroxylation sites is 1. The Bertz CT molecular complexity index is 1080. The molecule has 3 aromatic rings. The summed E-state index contributed by atoms with van der Waals surface area (Å²) in [5, 5.41) is 3.31. The van der Waals surface area contributed by atoms with Gasteiger partial charge in [-0.25, -0.2) is 13.4 Å². The zero-order chi connectivity index (χ0) is 21.0. The molecule has 152 valence electrons. The first kappa shape index (κ1) is 20.9. The van der Waals surface area contributed by atoms with Gasteiger partial charge in [0.1, 0.15) is 6.04 Å². The van der Waals surface area contributed by atoms with Crippen LogP contribution >= 0.6 is 11.6 Å². The van der Waals surface area contributed by atoms with E-state index in [1.165, 1.54) is 0 Å². The Balaban J connectivity index is 1.79. The fourth-order valence-corrected chi connectivity index (χ4v) is 4.34. The highest BCUT2D eigenvalue weighted by Gasteiger charge is 2.29. The van der Waals surface area contributed by atoms with Crippen molar-refractivity contribution in [2.75, 3.05) is 10.6 Å². The van der Waals surface area contributed by atoms with E-state index in [-0.39, 0.29) is 6.54 Å². The molecule has 1 aromatic heterocycles. The largest absolute Gasteiger partial charge is 0.350 e. The molecule has 0 aliphatic rings. The van der Waals surface area contributed by atoms with Crippen molar-refractivity contribution in [2.45, 2.75) is 19.5 Å². The molecule has 1 N–H and O–H groups in total. The van der Waals surface area contributed by atoms with Crippen LogP contribution in [0.5, 0.6) is 0 Å². The molecule has 0 bridgehead atoms. The van der Waals surface area contributed by atoms with Gasteiger partial charge in [-0.2, -0.15) is 0 Å². The van der Waals surface area contributed by atoms with Gasteiger partial charge >= 0.3 is 0 Å². The van der Waals surface area contributed by atoms with E-state index < -0.39 is 22.0 Å². The van der Waals surface area contributed by atoms with Crippen LogP contribution in [0.2, 0.25) is 5.02 Å². The zero-order valence-electron chi connectivity index (χ0n) is 16.0. The van der Waals surface area contributed by atoms with Gasteiger partial charge in [0.05, 0.1) is 24.0 Å². The Labute approximate surface area is 175 Å². The highest BCUT2D eigenvalue weighted by atomic mass is 35.5. The van der Waals surface area contributed by atoms with Crippen molar-refractivity contribution >= 4 is 33.2 Å². The van der Waals surface area contributed by atoms with Crippen molar-refractivity contribution in [3.05, 3.63) is 77.8 Å². The summed E-state index contributed by atoms with van der Waals surface area (Å²) < 4.78 is 27.6. The fraction of sp³-hybridized carbons (Fsp3) is 0.200. The van der Waals surface area contributed by atoms with Gasteiger partial charge in [0, 0.05) is 24.0 Å². The van der Waals surface area contributed by atoms with Crippen molar-refractivity contribution in [3.63, 3.8) is 0 Å². The Morgan fingerprint density at radius 3 is 2.52 bits per heavy atom. The third kappa shape index (κ3) is 4.96.